The van der Waals surface area contributed by atoms with E-state index in [1.54, 1.807) is 12.1 Å². The summed E-state index contributed by atoms with van der Waals surface area (Å²) >= 11 is 4.17. The summed E-state index contributed by atoms with van der Waals surface area (Å²) < 4.78 is 5.15. The average Bonchev–Trinajstić information content (AvgIpc) is 2.18. The highest BCUT2D eigenvalue weighted by atomic mass is 32.1. The maximum absolute atomic E-state index is 11.4. The average molecular weight is 224 g/mol. The third-order valence-electron chi connectivity index (χ3n) is 2.03. The Hall–Kier alpha value is -0.960. The van der Waals surface area contributed by atoms with Gasteiger partial charge in [-0.05, 0) is 24.6 Å². The standard InChI is InChI=1S/C12H16O2S/c1-2-3-4-8-12(13)14-10-6-5-7-11(15)9-10/h5-7,9,15H,2-4,8H2,1H3. The summed E-state index contributed by atoms with van der Waals surface area (Å²) in [5.74, 6) is 0.409. The summed E-state index contributed by atoms with van der Waals surface area (Å²) in [6.07, 6.45) is 3.57. The summed E-state index contributed by atoms with van der Waals surface area (Å²) in [7, 11) is 0. The molecule has 1 aromatic rings. The predicted octanol–water partition coefficient (Wildman–Crippen LogP) is 3.46. The molecule has 0 N–H and O–H groups in total. The van der Waals surface area contributed by atoms with E-state index in [-0.39, 0.29) is 5.97 Å². The molecule has 0 aliphatic heterocycles. The molecule has 0 aliphatic carbocycles. The molecule has 0 saturated heterocycles. The Morgan fingerprint density at radius 1 is 1.40 bits per heavy atom. The molecule has 1 aromatic carbocycles. The van der Waals surface area contributed by atoms with Gasteiger partial charge in [-0.2, -0.15) is 0 Å². The summed E-state index contributed by atoms with van der Waals surface area (Å²) in [4.78, 5) is 12.2. The lowest BCUT2D eigenvalue weighted by atomic mass is 10.2. The Labute approximate surface area is 96.1 Å². The van der Waals surface area contributed by atoms with Crippen LogP contribution in [0.2, 0.25) is 0 Å². The molecule has 0 atom stereocenters. The van der Waals surface area contributed by atoms with Gasteiger partial charge in [0, 0.05) is 11.3 Å². The van der Waals surface area contributed by atoms with Crippen LogP contribution in [0.5, 0.6) is 5.75 Å². The molecular formula is C12H16O2S. The molecule has 0 radical (unpaired) electrons. The zero-order chi connectivity index (χ0) is 11.1. The molecular weight excluding hydrogens is 208 g/mol. The van der Waals surface area contributed by atoms with Crippen LogP contribution in [-0.2, 0) is 4.79 Å². The minimum Gasteiger partial charge on any atom is -0.426 e. The third kappa shape index (κ3) is 4.88. The second-order valence-corrected chi connectivity index (χ2v) is 3.94. The van der Waals surface area contributed by atoms with Crippen molar-refractivity contribution in [1.29, 1.82) is 0 Å². The Morgan fingerprint density at radius 2 is 2.20 bits per heavy atom. The lowest BCUT2D eigenvalue weighted by molar-refractivity contribution is -0.134. The van der Waals surface area contributed by atoms with Crippen LogP contribution < -0.4 is 4.74 Å². The number of benzene rings is 1. The Balaban J connectivity index is 2.37. The van der Waals surface area contributed by atoms with E-state index in [4.69, 9.17) is 4.74 Å². The summed E-state index contributed by atoms with van der Waals surface area (Å²) in [6, 6.07) is 7.16. The molecule has 0 aromatic heterocycles. The van der Waals surface area contributed by atoms with E-state index in [1.165, 1.54) is 0 Å². The fourth-order valence-corrected chi connectivity index (χ4v) is 1.46. The third-order valence-corrected chi connectivity index (χ3v) is 2.31. The van der Waals surface area contributed by atoms with Crippen molar-refractivity contribution in [1.82, 2.24) is 0 Å². The number of hydrogen-bond acceptors (Lipinski definition) is 3. The summed E-state index contributed by atoms with van der Waals surface area (Å²) in [5, 5.41) is 0. The number of thiol groups is 1. The van der Waals surface area contributed by atoms with Gasteiger partial charge >= 0.3 is 5.97 Å². The minimum absolute atomic E-state index is 0.164. The monoisotopic (exact) mass is 224 g/mol. The smallest absolute Gasteiger partial charge is 0.311 e. The lowest BCUT2D eigenvalue weighted by Gasteiger charge is -2.04. The largest absolute Gasteiger partial charge is 0.426 e. The van der Waals surface area contributed by atoms with E-state index in [1.807, 2.05) is 12.1 Å². The van der Waals surface area contributed by atoms with Crippen LogP contribution in [0.3, 0.4) is 0 Å². The van der Waals surface area contributed by atoms with Gasteiger partial charge in [0.25, 0.3) is 0 Å². The number of unbranched alkanes of at least 4 members (excludes halogenated alkanes) is 2. The normalized spacial score (nSPS) is 10.0. The van der Waals surface area contributed by atoms with Crippen molar-refractivity contribution in [2.45, 2.75) is 37.5 Å². The highest BCUT2D eigenvalue weighted by molar-refractivity contribution is 7.80. The Kier molecular flexibility index (Phi) is 5.26. The molecule has 0 amide bonds. The highest BCUT2D eigenvalue weighted by Gasteiger charge is 2.03. The van der Waals surface area contributed by atoms with Crippen molar-refractivity contribution in [2.75, 3.05) is 0 Å². The molecule has 0 unspecified atom stereocenters. The molecule has 0 spiro atoms. The second-order valence-electron chi connectivity index (χ2n) is 3.43. The molecule has 0 fully saturated rings. The lowest BCUT2D eigenvalue weighted by Crippen LogP contribution is -2.07. The van der Waals surface area contributed by atoms with E-state index >= 15 is 0 Å². The number of esters is 1. The van der Waals surface area contributed by atoms with Crippen LogP contribution in [0.25, 0.3) is 0 Å². The van der Waals surface area contributed by atoms with Gasteiger partial charge in [0.05, 0.1) is 0 Å². The number of ether oxygens (including phenoxy) is 1. The maximum Gasteiger partial charge on any atom is 0.311 e. The first-order valence-electron chi connectivity index (χ1n) is 5.22. The number of rotatable bonds is 5. The van der Waals surface area contributed by atoms with E-state index in [9.17, 15) is 4.79 Å². The Morgan fingerprint density at radius 3 is 2.87 bits per heavy atom. The maximum atomic E-state index is 11.4. The fourth-order valence-electron chi connectivity index (χ4n) is 1.25. The van der Waals surface area contributed by atoms with Gasteiger partial charge < -0.3 is 4.74 Å². The van der Waals surface area contributed by atoms with Crippen LogP contribution >= 0.6 is 12.6 Å². The molecule has 15 heavy (non-hydrogen) atoms. The fraction of sp³-hybridized carbons (Fsp3) is 0.417. The Bertz CT molecular complexity index is 323. The quantitative estimate of drug-likeness (QED) is 0.359. The van der Waals surface area contributed by atoms with Gasteiger partial charge in [0.2, 0.25) is 0 Å². The second kappa shape index (κ2) is 6.51. The van der Waals surface area contributed by atoms with E-state index < -0.39 is 0 Å². The SMILES string of the molecule is CCCCCC(=O)Oc1cccc(S)c1. The highest BCUT2D eigenvalue weighted by Crippen LogP contribution is 2.16. The summed E-state index contributed by atoms with van der Waals surface area (Å²) in [6.45, 7) is 2.11. The molecule has 82 valence electrons. The first-order chi connectivity index (χ1) is 7.22. The van der Waals surface area contributed by atoms with Crippen molar-refractivity contribution in [3.63, 3.8) is 0 Å². The molecule has 0 saturated carbocycles. The van der Waals surface area contributed by atoms with E-state index in [0.29, 0.717) is 12.2 Å². The molecule has 0 heterocycles. The van der Waals surface area contributed by atoms with Gasteiger partial charge in [0.1, 0.15) is 5.75 Å². The van der Waals surface area contributed by atoms with Crippen LogP contribution in [0.15, 0.2) is 29.2 Å². The van der Waals surface area contributed by atoms with Crippen LogP contribution in [-0.4, -0.2) is 5.97 Å². The van der Waals surface area contributed by atoms with Gasteiger partial charge in [-0.1, -0.05) is 25.8 Å². The van der Waals surface area contributed by atoms with Crippen LogP contribution in [0.4, 0.5) is 0 Å². The summed E-state index contributed by atoms with van der Waals surface area (Å²) in [5.41, 5.74) is 0. The molecule has 0 bridgehead atoms. The van der Waals surface area contributed by atoms with E-state index in [0.717, 1.165) is 24.2 Å². The number of carbonyl (C=O) groups excluding carboxylic acids is 1. The zero-order valence-electron chi connectivity index (χ0n) is 8.90. The van der Waals surface area contributed by atoms with Crippen molar-refractivity contribution in [3.8, 4) is 5.75 Å². The first kappa shape index (κ1) is 12.1. The van der Waals surface area contributed by atoms with Crippen LogP contribution in [0, 0.1) is 0 Å². The van der Waals surface area contributed by atoms with E-state index in [2.05, 4.69) is 19.6 Å². The first-order valence-corrected chi connectivity index (χ1v) is 5.67. The van der Waals surface area contributed by atoms with Crippen molar-refractivity contribution >= 4 is 18.6 Å². The van der Waals surface area contributed by atoms with Gasteiger partial charge in [0.15, 0.2) is 0 Å². The molecule has 1 rings (SSSR count). The predicted molar refractivity (Wildman–Crippen MR) is 63.5 cm³/mol. The number of carbonyl (C=O) groups is 1. The van der Waals surface area contributed by atoms with Gasteiger partial charge in [-0.15, -0.1) is 12.6 Å². The number of hydrogen-bond donors (Lipinski definition) is 1. The van der Waals surface area contributed by atoms with Gasteiger partial charge in [-0.3, -0.25) is 4.79 Å². The van der Waals surface area contributed by atoms with Crippen LogP contribution in [0.1, 0.15) is 32.6 Å². The van der Waals surface area contributed by atoms with Crippen molar-refractivity contribution in [3.05, 3.63) is 24.3 Å². The van der Waals surface area contributed by atoms with Crippen molar-refractivity contribution in [2.24, 2.45) is 0 Å². The topological polar surface area (TPSA) is 26.3 Å². The zero-order valence-corrected chi connectivity index (χ0v) is 9.80. The minimum atomic E-state index is -0.164. The molecule has 2 nitrogen and oxygen atoms in total. The molecule has 0 aliphatic rings. The van der Waals surface area contributed by atoms with Crippen molar-refractivity contribution < 1.29 is 9.53 Å². The molecule has 3 heteroatoms. The van der Waals surface area contributed by atoms with Gasteiger partial charge in [-0.25, -0.2) is 0 Å².